The minimum Gasteiger partial charge on any atom is -0.493 e. The first-order valence-electron chi connectivity index (χ1n) is 11.2. The van der Waals surface area contributed by atoms with Crippen LogP contribution in [0.1, 0.15) is 52.4 Å². The van der Waals surface area contributed by atoms with Crippen molar-refractivity contribution in [2.45, 2.75) is 58.5 Å². The molecule has 1 aromatic rings. The van der Waals surface area contributed by atoms with Crippen molar-refractivity contribution in [3.63, 3.8) is 0 Å². The van der Waals surface area contributed by atoms with E-state index in [1.165, 1.54) is 6.42 Å². The minimum atomic E-state index is -1.17. The highest BCUT2D eigenvalue weighted by atomic mass is 16.5. The number of amides is 1. The topological polar surface area (TPSA) is 79.3 Å². The van der Waals surface area contributed by atoms with E-state index in [-0.39, 0.29) is 12.0 Å². The molecule has 0 radical (unpaired) electrons. The predicted molar refractivity (Wildman–Crippen MR) is 115 cm³/mol. The van der Waals surface area contributed by atoms with Gasteiger partial charge in [-0.15, -0.1) is 0 Å². The molecule has 1 amide bonds. The summed E-state index contributed by atoms with van der Waals surface area (Å²) in [6.07, 6.45) is 5.38. The van der Waals surface area contributed by atoms with Gasteiger partial charge in [0, 0.05) is 37.9 Å². The molecular weight excluding hydrogens is 384 g/mol. The normalized spacial score (nSPS) is 20.2. The molecule has 3 aliphatic rings. The van der Waals surface area contributed by atoms with E-state index in [9.17, 15) is 14.7 Å². The summed E-state index contributed by atoms with van der Waals surface area (Å²) in [5, 5.41) is 9.51. The molecule has 30 heavy (non-hydrogen) atoms. The van der Waals surface area contributed by atoms with Gasteiger partial charge >= 0.3 is 5.97 Å². The lowest BCUT2D eigenvalue weighted by Crippen LogP contribution is -2.57. The molecule has 0 aromatic heterocycles. The zero-order chi connectivity index (χ0) is 21.7. The third-order valence-electron chi connectivity index (χ3n) is 6.45. The fraction of sp³-hybridized carbons (Fsp3) is 0.652. The van der Waals surface area contributed by atoms with Crippen LogP contribution in [0.3, 0.4) is 0 Å². The highest BCUT2D eigenvalue weighted by Gasteiger charge is 2.53. The summed E-state index contributed by atoms with van der Waals surface area (Å²) >= 11 is 0. The van der Waals surface area contributed by atoms with Crippen molar-refractivity contribution in [1.82, 2.24) is 4.90 Å². The number of ether oxygens (including phenoxy) is 2. The Bertz CT molecular complexity index is 750. The van der Waals surface area contributed by atoms with Crippen molar-refractivity contribution in [1.29, 1.82) is 0 Å². The van der Waals surface area contributed by atoms with Crippen LogP contribution in [0.5, 0.6) is 11.5 Å². The van der Waals surface area contributed by atoms with Gasteiger partial charge in [0.2, 0.25) is 5.91 Å². The summed E-state index contributed by atoms with van der Waals surface area (Å²) < 4.78 is 11.5. The van der Waals surface area contributed by atoms with E-state index in [0.717, 1.165) is 36.4 Å². The maximum atomic E-state index is 12.8. The third kappa shape index (κ3) is 4.20. The van der Waals surface area contributed by atoms with Gasteiger partial charge in [0.25, 0.3) is 0 Å². The van der Waals surface area contributed by atoms with Crippen LogP contribution in [0.15, 0.2) is 18.2 Å². The molecule has 4 rings (SSSR count). The lowest BCUT2D eigenvalue weighted by molar-refractivity contribution is -0.167. The van der Waals surface area contributed by atoms with Crippen molar-refractivity contribution >= 4 is 17.6 Å². The van der Waals surface area contributed by atoms with E-state index < -0.39 is 11.4 Å². The minimum absolute atomic E-state index is 0.213. The van der Waals surface area contributed by atoms with Crippen LogP contribution in [0.4, 0.5) is 5.69 Å². The van der Waals surface area contributed by atoms with Crippen molar-refractivity contribution in [3.8, 4) is 11.5 Å². The van der Waals surface area contributed by atoms with Gasteiger partial charge in [-0.05, 0) is 44.2 Å². The maximum absolute atomic E-state index is 12.8. The first-order chi connectivity index (χ1) is 14.5. The molecule has 7 heteroatoms. The van der Waals surface area contributed by atoms with Crippen LogP contribution in [0, 0.1) is 5.41 Å². The lowest BCUT2D eigenvalue weighted by atomic mass is 9.67. The van der Waals surface area contributed by atoms with Crippen molar-refractivity contribution in [2.75, 3.05) is 38.2 Å². The Labute approximate surface area is 178 Å². The van der Waals surface area contributed by atoms with E-state index in [2.05, 4.69) is 4.90 Å². The number of rotatable bonds is 6. The van der Waals surface area contributed by atoms with Crippen molar-refractivity contribution in [2.24, 2.45) is 5.41 Å². The molecule has 3 fully saturated rings. The Morgan fingerprint density at radius 1 is 1.03 bits per heavy atom. The number of nitrogens with zero attached hydrogens (tertiary/aromatic N) is 2. The summed E-state index contributed by atoms with van der Waals surface area (Å²) in [6.45, 7) is 6.44. The first-order valence-corrected chi connectivity index (χ1v) is 11.2. The van der Waals surface area contributed by atoms with Gasteiger partial charge in [-0.3, -0.25) is 9.59 Å². The standard InChI is InChI=1S/C21H28N2O5.C2H6/c1-27-17-7-6-15(14-18(17)28-16-4-2-5-16)22-10-12-23(13-11-22)19(24)21(20(25)26)8-3-9-21;1-2/h6-7,14,16H,2-5,8-13H2,1H3,(H,25,26);1-2H3. The van der Waals surface area contributed by atoms with E-state index in [1.54, 1.807) is 12.0 Å². The number of piperazine rings is 1. The second-order valence-electron chi connectivity index (χ2n) is 8.03. The van der Waals surface area contributed by atoms with E-state index in [0.29, 0.717) is 39.0 Å². The average Bonchev–Trinajstić information content (AvgIpc) is 2.71. The second-order valence-corrected chi connectivity index (χ2v) is 8.03. The number of benzene rings is 1. The van der Waals surface area contributed by atoms with Crippen molar-refractivity contribution < 1.29 is 24.2 Å². The van der Waals surface area contributed by atoms with E-state index >= 15 is 0 Å². The van der Waals surface area contributed by atoms with Gasteiger partial charge in [0.05, 0.1) is 13.2 Å². The maximum Gasteiger partial charge on any atom is 0.319 e. The number of carboxylic acid groups (broad SMARTS) is 1. The van der Waals surface area contributed by atoms with Crippen LogP contribution in [0.2, 0.25) is 0 Å². The van der Waals surface area contributed by atoms with Gasteiger partial charge in [-0.2, -0.15) is 0 Å². The molecule has 1 saturated heterocycles. The summed E-state index contributed by atoms with van der Waals surface area (Å²) in [5.74, 6) is 0.314. The number of carboxylic acids is 1. The van der Waals surface area contributed by atoms with Gasteiger partial charge in [0.15, 0.2) is 11.5 Å². The molecule has 1 aromatic carbocycles. The van der Waals surface area contributed by atoms with Gasteiger partial charge in [-0.1, -0.05) is 20.3 Å². The Balaban J connectivity index is 0.00000124. The number of hydrogen-bond donors (Lipinski definition) is 1. The molecule has 2 aliphatic carbocycles. The number of carbonyl (C=O) groups is 2. The summed E-state index contributed by atoms with van der Waals surface area (Å²) in [7, 11) is 1.64. The Morgan fingerprint density at radius 2 is 1.70 bits per heavy atom. The fourth-order valence-electron chi connectivity index (χ4n) is 4.14. The molecule has 0 unspecified atom stereocenters. The second kappa shape index (κ2) is 9.58. The van der Waals surface area contributed by atoms with Crippen LogP contribution in [0.25, 0.3) is 0 Å². The van der Waals surface area contributed by atoms with Crippen LogP contribution in [-0.4, -0.2) is 61.3 Å². The Morgan fingerprint density at radius 3 is 2.17 bits per heavy atom. The number of hydrogen-bond acceptors (Lipinski definition) is 5. The average molecular weight is 419 g/mol. The Hall–Kier alpha value is -2.44. The van der Waals surface area contributed by atoms with Gasteiger partial charge in [0.1, 0.15) is 5.41 Å². The highest BCUT2D eigenvalue weighted by molar-refractivity contribution is 6.02. The smallest absolute Gasteiger partial charge is 0.319 e. The molecule has 0 bridgehead atoms. The molecule has 1 N–H and O–H groups in total. The molecule has 166 valence electrons. The summed E-state index contributed by atoms with van der Waals surface area (Å²) in [4.78, 5) is 28.3. The number of carbonyl (C=O) groups excluding carboxylic acids is 1. The third-order valence-corrected chi connectivity index (χ3v) is 6.45. The lowest BCUT2D eigenvalue weighted by Gasteiger charge is -2.43. The first kappa shape index (κ1) is 22.2. The fourth-order valence-corrected chi connectivity index (χ4v) is 4.14. The van der Waals surface area contributed by atoms with E-state index in [4.69, 9.17) is 9.47 Å². The molecule has 7 nitrogen and oxygen atoms in total. The predicted octanol–water partition coefficient (Wildman–Crippen LogP) is 3.56. The molecular formula is C23H34N2O5. The van der Waals surface area contributed by atoms with Crippen molar-refractivity contribution in [3.05, 3.63) is 18.2 Å². The SMILES string of the molecule is CC.COc1ccc(N2CCN(C(=O)C3(C(=O)O)CCC3)CC2)cc1OC1CCC1. The molecule has 2 saturated carbocycles. The molecule has 1 aliphatic heterocycles. The number of methoxy groups -OCH3 is 1. The molecule has 0 spiro atoms. The quantitative estimate of drug-likeness (QED) is 0.712. The van der Waals surface area contributed by atoms with Crippen LogP contribution < -0.4 is 14.4 Å². The van der Waals surface area contributed by atoms with Gasteiger partial charge < -0.3 is 24.4 Å². The zero-order valence-corrected chi connectivity index (χ0v) is 18.4. The van der Waals surface area contributed by atoms with Gasteiger partial charge in [-0.25, -0.2) is 0 Å². The Kier molecular flexibility index (Phi) is 7.10. The zero-order valence-electron chi connectivity index (χ0n) is 18.4. The van der Waals surface area contributed by atoms with Crippen LogP contribution in [-0.2, 0) is 9.59 Å². The van der Waals surface area contributed by atoms with Crippen LogP contribution >= 0.6 is 0 Å². The van der Waals surface area contributed by atoms with E-state index in [1.807, 2.05) is 32.0 Å². The molecule has 0 atom stereocenters. The summed E-state index contributed by atoms with van der Waals surface area (Å²) in [5.41, 5.74) is -0.134. The number of anilines is 1. The summed E-state index contributed by atoms with van der Waals surface area (Å²) in [6, 6.07) is 5.95. The largest absolute Gasteiger partial charge is 0.493 e. The monoisotopic (exact) mass is 418 g/mol. The molecule has 1 heterocycles. The number of aliphatic carboxylic acids is 1. The highest BCUT2D eigenvalue weighted by Crippen LogP contribution is 2.43.